The van der Waals surface area contributed by atoms with Crippen LogP contribution >= 0.6 is 11.6 Å². The highest BCUT2D eigenvalue weighted by atomic mass is 35.5. The molecular weight excluding hydrogens is 394 g/mol. The van der Waals surface area contributed by atoms with E-state index in [9.17, 15) is 9.59 Å². The van der Waals surface area contributed by atoms with E-state index in [1.807, 2.05) is 6.07 Å². The zero-order valence-corrected chi connectivity index (χ0v) is 15.9. The Morgan fingerprint density at radius 3 is 2.69 bits per heavy atom. The molecule has 1 aromatic carbocycles. The van der Waals surface area contributed by atoms with E-state index in [1.54, 1.807) is 42.5 Å². The van der Waals surface area contributed by atoms with Gasteiger partial charge in [-0.25, -0.2) is 4.79 Å². The molecule has 0 saturated carbocycles. The van der Waals surface area contributed by atoms with Gasteiger partial charge in [0.25, 0.3) is 5.91 Å². The summed E-state index contributed by atoms with van der Waals surface area (Å²) >= 11 is 5.73. The Kier molecular flexibility index (Phi) is 5.35. The minimum atomic E-state index is -0.592. The lowest BCUT2D eigenvalue weighted by Gasteiger charge is -2.17. The summed E-state index contributed by atoms with van der Waals surface area (Å²) in [6.07, 6.45) is 2.09. The maximum Gasteiger partial charge on any atom is 0.359 e. The molecule has 2 heterocycles. The third kappa shape index (κ3) is 4.33. The monoisotopic (exact) mass is 409 g/mol. The highest BCUT2D eigenvalue weighted by Gasteiger charge is 2.21. The Labute approximate surface area is 170 Å². The molecule has 1 amide bonds. The predicted molar refractivity (Wildman–Crippen MR) is 110 cm³/mol. The van der Waals surface area contributed by atoms with Crippen LogP contribution in [-0.4, -0.2) is 21.8 Å². The highest BCUT2D eigenvalue weighted by molar-refractivity contribution is 6.29. The fourth-order valence-corrected chi connectivity index (χ4v) is 3.08. The van der Waals surface area contributed by atoms with Crippen LogP contribution in [-0.2, 0) is 6.42 Å². The zero-order valence-electron chi connectivity index (χ0n) is 15.2. The first kappa shape index (κ1) is 18.8. The Balaban J connectivity index is 1.61. The van der Waals surface area contributed by atoms with Crippen molar-refractivity contribution in [2.24, 2.45) is 5.10 Å². The number of aryl methyl sites for hydroxylation is 1. The number of hydrazone groups is 1. The number of carbonyl (C=O) groups excluding carboxylic acids is 1. The molecule has 29 heavy (non-hydrogen) atoms. The molecule has 2 aromatic heterocycles. The van der Waals surface area contributed by atoms with Crippen LogP contribution in [0.5, 0.6) is 0 Å². The van der Waals surface area contributed by atoms with Crippen molar-refractivity contribution < 1.29 is 9.21 Å². The van der Waals surface area contributed by atoms with E-state index < -0.39 is 5.63 Å². The largest absolute Gasteiger partial charge is 0.426 e. The average molecular weight is 410 g/mol. The highest BCUT2D eigenvalue weighted by Crippen LogP contribution is 2.23. The first-order chi connectivity index (χ1) is 14.1. The molecular formula is C20H16ClN5O3. The van der Waals surface area contributed by atoms with Crippen LogP contribution < -0.4 is 16.4 Å². The van der Waals surface area contributed by atoms with Crippen molar-refractivity contribution >= 4 is 34.7 Å². The lowest BCUT2D eigenvalue weighted by Crippen LogP contribution is -2.22. The molecule has 0 radical (unpaired) electrons. The molecule has 3 aromatic rings. The van der Waals surface area contributed by atoms with Gasteiger partial charge in [-0.05, 0) is 43.2 Å². The van der Waals surface area contributed by atoms with Crippen molar-refractivity contribution in [2.75, 3.05) is 10.7 Å². The minimum Gasteiger partial charge on any atom is -0.426 e. The SMILES string of the molecule is O=C(Nc1cc2c(oc1=O)CCC/C2=N\Nc1ccc(Cl)nn1)c1ccccc1. The van der Waals surface area contributed by atoms with Crippen molar-refractivity contribution in [3.05, 3.63) is 81.0 Å². The van der Waals surface area contributed by atoms with E-state index in [-0.39, 0.29) is 16.7 Å². The van der Waals surface area contributed by atoms with Gasteiger partial charge >= 0.3 is 5.63 Å². The summed E-state index contributed by atoms with van der Waals surface area (Å²) < 4.78 is 5.44. The average Bonchev–Trinajstić information content (AvgIpc) is 2.74. The van der Waals surface area contributed by atoms with E-state index in [0.717, 1.165) is 6.42 Å². The number of amides is 1. The van der Waals surface area contributed by atoms with Crippen LogP contribution in [0.3, 0.4) is 0 Å². The van der Waals surface area contributed by atoms with Crippen LogP contribution in [0, 0.1) is 0 Å². The molecule has 4 rings (SSSR count). The molecule has 9 heteroatoms. The Bertz CT molecular complexity index is 1130. The van der Waals surface area contributed by atoms with Crippen LogP contribution in [0.15, 0.2) is 62.8 Å². The second-order valence-corrected chi connectivity index (χ2v) is 6.76. The fraction of sp³-hybridized carbons (Fsp3) is 0.150. The van der Waals surface area contributed by atoms with E-state index in [0.29, 0.717) is 41.3 Å². The molecule has 1 aliphatic rings. The number of hydrogen-bond acceptors (Lipinski definition) is 7. The smallest absolute Gasteiger partial charge is 0.359 e. The standard InChI is InChI=1S/C20H16ClN5O3/c21-17-9-10-18(26-24-17)25-23-14-7-4-8-16-13(14)11-15(20(28)29-16)22-19(27)12-5-2-1-3-6-12/h1-3,5-6,9-11H,4,7-8H2,(H,22,27)(H,25,26)/b23-14+. The van der Waals surface area contributed by atoms with Gasteiger partial charge in [-0.3, -0.25) is 10.2 Å². The van der Waals surface area contributed by atoms with Gasteiger partial charge in [0.15, 0.2) is 11.0 Å². The molecule has 0 saturated heterocycles. The molecule has 2 N–H and O–H groups in total. The predicted octanol–water partition coefficient (Wildman–Crippen LogP) is 3.49. The molecule has 0 bridgehead atoms. The topological polar surface area (TPSA) is 109 Å². The van der Waals surface area contributed by atoms with Gasteiger partial charge in [-0.1, -0.05) is 29.8 Å². The van der Waals surface area contributed by atoms with Crippen LogP contribution in [0.1, 0.15) is 34.5 Å². The number of carbonyl (C=O) groups is 1. The molecule has 146 valence electrons. The van der Waals surface area contributed by atoms with Gasteiger partial charge in [0.05, 0.1) is 5.71 Å². The molecule has 0 atom stereocenters. The van der Waals surface area contributed by atoms with Gasteiger partial charge in [-0.15, -0.1) is 10.2 Å². The summed E-state index contributed by atoms with van der Waals surface area (Å²) in [6.45, 7) is 0. The summed E-state index contributed by atoms with van der Waals surface area (Å²) in [6, 6.07) is 13.5. The van der Waals surface area contributed by atoms with Crippen molar-refractivity contribution in [3.8, 4) is 0 Å². The lowest BCUT2D eigenvalue weighted by molar-refractivity contribution is 0.102. The van der Waals surface area contributed by atoms with Crippen LogP contribution in [0.25, 0.3) is 0 Å². The van der Waals surface area contributed by atoms with Crippen molar-refractivity contribution in [1.82, 2.24) is 10.2 Å². The summed E-state index contributed by atoms with van der Waals surface area (Å²) in [7, 11) is 0. The summed E-state index contributed by atoms with van der Waals surface area (Å²) in [5.41, 5.74) is 4.12. The number of rotatable bonds is 4. The van der Waals surface area contributed by atoms with Crippen LogP contribution in [0.2, 0.25) is 5.15 Å². The molecule has 0 unspecified atom stereocenters. The number of anilines is 2. The normalized spacial score (nSPS) is 14.3. The van der Waals surface area contributed by atoms with Crippen LogP contribution in [0.4, 0.5) is 11.5 Å². The maximum absolute atomic E-state index is 12.4. The quantitative estimate of drug-likeness (QED) is 0.638. The third-order valence-corrected chi connectivity index (χ3v) is 4.58. The van der Waals surface area contributed by atoms with E-state index in [1.165, 1.54) is 0 Å². The summed E-state index contributed by atoms with van der Waals surface area (Å²) in [5.74, 6) is 0.590. The second-order valence-electron chi connectivity index (χ2n) is 6.37. The summed E-state index contributed by atoms with van der Waals surface area (Å²) in [5, 5.41) is 14.9. The zero-order chi connectivity index (χ0) is 20.2. The lowest BCUT2D eigenvalue weighted by atomic mass is 9.95. The van der Waals surface area contributed by atoms with E-state index in [2.05, 4.69) is 26.0 Å². The number of nitrogens with one attached hydrogen (secondary N) is 2. The number of benzene rings is 1. The molecule has 0 fully saturated rings. The van der Waals surface area contributed by atoms with Gasteiger partial charge < -0.3 is 9.73 Å². The Morgan fingerprint density at radius 1 is 1.10 bits per heavy atom. The van der Waals surface area contributed by atoms with Crippen molar-refractivity contribution in [2.45, 2.75) is 19.3 Å². The second kappa shape index (κ2) is 8.24. The Hall–Kier alpha value is -3.52. The van der Waals surface area contributed by atoms with Crippen molar-refractivity contribution in [1.29, 1.82) is 0 Å². The van der Waals surface area contributed by atoms with E-state index in [4.69, 9.17) is 16.0 Å². The molecule has 1 aliphatic carbocycles. The Morgan fingerprint density at radius 2 is 1.93 bits per heavy atom. The molecule has 8 nitrogen and oxygen atoms in total. The number of nitrogens with zero attached hydrogens (tertiary/aromatic N) is 3. The number of fused-ring (bicyclic) bond motifs is 1. The minimum absolute atomic E-state index is 0.0680. The fourth-order valence-electron chi connectivity index (χ4n) is 2.97. The summed E-state index contributed by atoms with van der Waals surface area (Å²) in [4.78, 5) is 24.7. The van der Waals surface area contributed by atoms with Gasteiger partial charge in [0.2, 0.25) is 0 Å². The van der Waals surface area contributed by atoms with Gasteiger partial charge in [-0.2, -0.15) is 5.10 Å². The van der Waals surface area contributed by atoms with Gasteiger partial charge in [0.1, 0.15) is 11.4 Å². The first-order valence-corrected chi connectivity index (χ1v) is 9.33. The number of aromatic nitrogens is 2. The molecule has 0 spiro atoms. The van der Waals surface area contributed by atoms with Crippen molar-refractivity contribution in [3.63, 3.8) is 0 Å². The first-order valence-electron chi connectivity index (χ1n) is 8.96. The third-order valence-electron chi connectivity index (χ3n) is 4.37. The number of hydrogen-bond donors (Lipinski definition) is 2. The molecule has 0 aliphatic heterocycles. The van der Waals surface area contributed by atoms with Gasteiger partial charge in [0, 0.05) is 17.5 Å². The maximum atomic E-state index is 12.4. The number of halogens is 1. The van der Waals surface area contributed by atoms with E-state index >= 15 is 0 Å².